The minimum atomic E-state index is -0.272. The molecule has 3 aliphatic rings. The van der Waals surface area contributed by atoms with Crippen LogP contribution in [0, 0.1) is 30.1 Å². The maximum absolute atomic E-state index is 12.8. The SMILES string of the molecule is Cc1ccc(CC(=O)Cn2ncc(N[C@@H]3C[C@H]4C[C@@H]([C@H]3C)C4(C)C)c(Br)c2=O)cc1. The molecule has 4 atom stereocenters. The number of hydrogen-bond donors (Lipinski definition) is 1. The minimum Gasteiger partial charge on any atom is -0.380 e. The number of halogens is 1. The van der Waals surface area contributed by atoms with E-state index >= 15 is 0 Å². The predicted molar refractivity (Wildman–Crippen MR) is 123 cm³/mol. The Morgan fingerprint density at radius 2 is 1.97 bits per heavy atom. The highest BCUT2D eigenvalue weighted by Crippen LogP contribution is 2.61. The van der Waals surface area contributed by atoms with Gasteiger partial charge >= 0.3 is 0 Å². The van der Waals surface area contributed by atoms with E-state index in [0.29, 0.717) is 28.3 Å². The third kappa shape index (κ3) is 3.86. The first kappa shape index (κ1) is 21.3. The fourth-order valence-corrected chi connectivity index (χ4v) is 5.80. The highest BCUT2D eigenvalue weighted by Gasteiger charge is 2.56. The van der Waals surface area contributed by atoms with Crippen LogP contribution < -0.4 is 10.9 Å². The number of aromatic nitrogens is 2. The number of carbonyl (C=O) groups is 1. The molecular weight excluding hydrogens is 442 g/mol. The summed E-state index contributed by atoms with van der Waals surface area (Å²) in [5, 5.41) is 7.83. The summed E-state index contributed by atoms with van der Waals surface area (Å²) in [5.74, 6) is 1.97. The third-order valence-electron chi connectivity index (χ3n) is 7.53. The van der Waals surface area contributed by atoms with Crippen LogP contribution in [0.3, 0.4) is 0 Å². The zero-order valence-corrected chi connectivity index (χ0v) is 19.7. The van der Waals surface area contributed by atoms with Gasteiger partial charge in [-0.3, -0.25) is 9.59 Å². The van der Waals surface area contributed by atoms with E-state index in [0.717, 1.165) is 35.1 Å². The smallest absolute Gasteiger partial charge is 0.283 e. The fourth-order valence-electron chi connectivity index (χ4n) is 5.38. The van der Waals surface area contributed by atoms with E-state index in [1.165, 1.54) is 11.1 Å². The number of aryl methyl sites for hydroxylation is 1. The quantitative estimate of drug-likeness (QED) is 0.667. The Balaban J connectivity index is 1.43. The second-order valence-corrected chi connectivity index (χ2v) is 10.5. The summed E-state index contributed by atoms with van der Waals surface area (Å²) in [6.45, 7) is 9.06. The highest BCUT2D eigenvalue weighted by molar-refractivity contribution is 9.10. The molecule has 30 heavy (non-hydrogen) atoms. The van der Waals surface area contributed by atoms with Crippen LogP contribution in [0.25, 0.3) is 0 Å². The Morgan fingerprint density at radius 3 is 2.60 bits per heavy atom. The molecule has 3 saturated carbocycles. The molecule has 0 amide bonds. The lowest BCUT2D eigenvalue weighted by Crippen LogP contribution is -2.58. The molecule has 5 nitrogen and oxygen atoms in total. The van der Waals surface area contributed by atoms with Gasteiger partial charge in [-0.05, 0) is 64.4 Å². The van der Waals surface area contributed by atoms with Crippen molar-refractivity contribution in [2.24, 2.45) is 23.2 Å². The molecule has 1 aromatic carbocycles. The lowest BCUT2D eigenvalue weighted by molar-refractivity contribution is -0.119. The van der Waals surface area contributed by atoms with Crippen molar-refractivity contribution in [1.82, 2.24) is 9.78 Å². The molecule has 6 heteroatoms. The van der Waals surface area contributed by atoms with Gasteiger partial charge in [0.25, 0.3) is 5.56 Å². The molecule has 3 aliphatic carbocycles. The van der Waals surface area contributed by atoms with Gasteiger partial charge in [0, 0.05) is 12.5 Å². The monoisotopic (exact) mass is 471 g/mol. The van der Waals surface area contributed by atoms with E-state index in [9.17, 15) is 9.59 Å². The molecule has 0 saturated heterocycles. The normalized spacial score (nSPS) is 26.7. The molecule has 0 spiro atoms. The van der Waals surface area contributed by atoms with Crippen molar-refractivity contribution in [3.63, 3.8) is 0 Å². The summed E-state index contributed by atoms with van der Waals surface area (Å²) in [4.78, 5) is 25.2. The number of Topliss-reactive ketones (excluding diaryl/α,β-unsaturated/α-hetero) is 1. The second kappa shape index (κ2) is 7.95. The van der Waals surface area contributed by atoms with Gasteiger partial charge in [-0.2, -0.15) is 5.10 Å². The van der Waals surface area contributed by atoms with Gasteiger partial charge in [0.05, 0.1) is 11.9 Å². The van der Waals surface area contributed by atoms with Crippen molar-refractivity contribution in [2.45, 2.75) is 59.5 Å². The number of carbonyl (C=O) groups excluding carboxylic acids is 1. The zero-order valence-electron chi connectivity index (χ0n) is 18.1. The largest absolute Gasteiger partial charge is 0.380 e. The maximum atomic E-state index is 12.8. The first-order valence-corrected chi connectivity index (χ1v) is 11.6. The number of nitrogens with zero attached hydrogens (tertiary/aromatic N) is 2. The van der Waals surface area contributed by atoms with Crippen molar-refractivity contribution in [3.05, 3.63) is 56.4 Å². The third-order valence-corrected chi connectivity index (χ3v) is 8.29. The average Bonchev–Trinajstić information content (AvgIpc) is 2.70. The summed E-state index contributed by atoms with van der Waals surface area (Å²) in [5.41, 5.74) is 2.98. The number of ketones is 1. The molecule has 2 aromatic rings. The molecule has 0 radical (unpaired) electrons. The predicted octanol–water partition coefficient (Wildman–Crippen LogP) is 4.61. The van der Waals surface area contributed by atoms with Crippen LogP contribution in [-0.2, 0) is 17.8 Å². The van der Waals surface area contributed by atoms with Crippen LogP contribution >= 0.6 is 15.9 Å². The summed E-state index contributed by atoms with van der Waals surface area (Å²) >= 11 is 3.44. The fraction of sp³-hybridized carbons (Fsp3) is 0.542. The van der Waals surface area contributed by atoms with Gasteiger partial charge in [0.2, 0.25) is 0 Å². The molecule has 5 rings (SSSR count). The lowest BCUT2D eigenvalue weighted by atomic mass is 9.45. The Hall–Kier alpha value is -1.95. The minimum absolute atomic E-state index is 0.0240. The summed E-state index contributed by atoms with van der Waals surface area (Å²) in [6, 6.07) is 8.22. The topological polar surface area (TPSA) is 64.0 Å². The number of hydrogen-bond acceptors (Lipinski definition) is 4. The van der Waals surface area contributed by atoms with E-state index in [1.54, 1.807) is 6.20 Å². The van der Waals surface area contributed by atoms with Crippen molar-refractivity contribution < 1.29 is 4.79 Å². The number of anilines is 1. The lowest BCUT2D eigenvalue weighted by Gasteiger charge is -2.62. The molecule has 3 fully saturated rings. The maximum Gasteiger partial charge on any atom is 0.283 e. The van der Waals surface area contributed by atoms with Crippen LogP contribution in [0.4, 0.5) is 5.69 Å². The number of rotatable bonds is 6. The van der Waals surface area contributed by atoms with E-state index in [1.807, 2.05) is 31.2 Å². The van der Waals surface area contributed by atoms with E-state index in [2.05, 4.69) is 47.1 Å². The molecule has 1 aromatic heterocycles. The Morgan fingerprint density at radius 1 is 1.27 bits per heavy atom. The number of fused-ring (bicyclic) bond motifs is 2. The zero-order chi connectivity index (χ0) is 21.6. The van der Waals surface area contributed by atoms with E-state index < -0.39 is 0 Å². The molecular formula is C24H30BrN3O2. The summed E-state index contributed by atoms with van der Waals surface area (Å²) in [6.07, 6.45) is 4.40. The molecule has 0 unspecified atom stereocenters. The second-order valence-electron chi connectivity index (χ2n) is 9.74. The highest BCUT2D eigenvalue weighted by atomic mass is 79.9. The summed E-state index contributed by atoms with van der Waals surface area (Å²) < 4.78 is 1.70. The first-order chi connectivity index (χ1) is 14.2. The van der Waals surface area contributed by atoms with Crippen molar-refractivity contribution in [3.8, 4) is 0 Å². The standard InChI is InChI=1S/C24H30BrN3O2/c1-14-5-7-16(8-6-14)9-18(29)13-28-23(30)22(25)21(12-26-28)27-20-11-17-10-19(15(20)2)24(17,3)4/h5-8,12,15,17,19-20,27H,9-11,13H2,1-4H3/t15-,17-,19+,20-/m1/s1. The Labute approximate surface area is 186 Å². The van der Waals surface area contributed by atoms with Crippen LogP contribution in [-0.4, -0.2) is 21.6 Å². The van der Waals surface area contributed by atoms with Gasteiger partial charge in [-0.1, -0.05) is 50.6 Å². The number of nitrogens with one attached hydrogen (secondary N) is 1. The van der Waals surface area contributed by atoms with E-state index in [4.69, 9.17) is 0 Å². The van der Waals surface area contributed by atoms with Crippen LogP contribution in [0.5, 0.6) is 0 Å². The van der Waals surface area contributed by atoms with Crippen LogP contribution in [0.15, 0.2) is 39.7 Å². The van der Waals surface area contributed by atoms with Gasteiger partial charge in [-0.25, -0.2) is 4.68 Å². The van der Waals surface area contributed by atoms with Crippen molar-refractivity contribution in [2.75, 3.05) is 5.32 Å². The van der Waals surface area contributed by atoms with E-state index in [-0.39, 0.29) is 17.9 Å². The average molecular weight is 472 g/mol. The molecule has 160 valence electrons. The van der Waals surface area contributed by atoms with Gasteiger partial charge in [0.15, 0.2) is 5.78 Å². The molecule has 1 N–H and O–H groups in total. The first-order valence-electron chi connectivity index (χ1n) is 10.8. The van der Waals surface area contributed by atoms with Crippen LogP contribution in [0.2, 0.25) is 0 Å². The molecule has 2 bridgehead atoms. The van der Waals surface area contributed by atoms with Crippen molar-refractivity contribution >= 4 is 27.4 Å². The molecule has 1 heterocycles. The molecule has 0 aliphatic heterocycles. The van der Waals surface area contributed by atoms with Gasteiger partial charge in [-0.15, -0.1) is 0 Å². The van der Waals surface area contributed by atoms with Gasteiger partial charge < -0.3 is 5.32 Å². The van der Waals surface area contributed by atoms with Crippen molar-refractivity contribution in [1.29, 1.82) is 0 Å². The Kier molecular flexibility index (Phi) is 5.64. The summed E-state index contributed by atoms with van der Waals surface area (Å²) in [7, 11) is 0. The number of benzene rings is 1. The van der Waals surface area contributed by atoms with Crippen LogP contribution in [0.1, 0.15) is 44.7 Å². The Bertz CT molecular complexity index is 1010. The van der Waals surface area contributed by atoms with Gasteiger partial charge in [0.1, 0.15) is 11.0 Å².